The molecule has 0 aliphatic carbocycles. The average molecular weight is 330 g/mol. The van der Waals surface area contributed by atoms with Gasteiger partial charge in [-0.25, -0.2) is 17.2 Å². The summed E-state index contributed by atoms with van der Waals surface area (Å²) >= 11 is 0. The molecule has 120 valence electrons. The number of rotatable bonds is 4. The van der Waals surface area contributed by atoms with Gasteiger partial charge in [0.25, 0.3) is 5.92 Å². The molecule has 0 unspecified atom stereocenters. The monoisotopic (exact) mass is 330 g/mol. The summed E-state index contributed by atoms with van der Waals surface area (Å²) in [6.45, 7) is 0.503. The van der Waals surface area contributed by atoms with Crippen molar-refractivity contribution in [3.63, 3.8) is 0 Å². The summed E-state index contributed by atoms with van der Waals surface area (Å²) in [7, 11) is -4.07. The Balaban J connectivity index is 1.85. The minimum absolute atomic E-state index is 0.104. The van der Waals surface area contributed by atoms with Gasteiger partial charge in [0, 0.05) is 24.5 Å². The van der Waals surface area contributed by atoms with Crippen LogP contribution in [0.25, 0.3) is 11.0 Å². The number of ether oxygens (including phenoxy) is 1. The maximum atomic E-state index is 14.3. The van der Waals surface area contributed by atoms with Crippen LogP contribution in [0.3, 0.4) is 0 Å². The number of sulfone groups is 1. The van der Waals surface area contributed by atoms with Crippen molar-refractivity contribution < 1.29 is 26.4 Å². The molecule has 1 aromatic carbocycles. The zero-order valence-electron chi connectivity index (χ0n) is 11.8. The highest BCUT2D eigenvalue weighted by atomic mass is 32.2. The lowest BCUT2D eigenvalue weighted by Crippen LogP contribution is -2.39. The highest BCUT2D eigenvalue weighted by Gasteiger charge is 2.44. The Labute approximate surface area is 127 Å². The molecule has 7 heteroatoms. The van der Waals surface area contributed by atoms with Crippen molar-refractivity contribution in [3.8, 4) is 0 Å². The highest BCUT2D eigenvalue weighted by Crippen LogP contribution is 2.35. The summed E-state index contributed by atoms with van der Waals surface area (Å²) in [5, 5.41) is 0.579. The van der Waals surface area contributed by atoms with Crippen LogP contribution in [0.4, 0.5) is 8.78 Å². The quantitative estimate of drug-likeness (QED) is 0.863. The van der Waals surface area contributed by atoms with Crippen LogP contribution >= 0.6 is 0 Å². The third-order valence-electron chi connectivity index (χ3n) is 3.98. The molecular weight excluding hydrogens is 314 g/mol. The van der Waals surface area contributed by atoms with E-state index in [0.29, 0.717) is 11.0 Å². The fourth-order valence-corrected chi connectivity index (χ4v) is 4.20. The molecule has 4 nitrogen and oxygen atoms in total. The van der Waals surface area contributed by atoms with E-state index in [0.717, 1.165) is 0 Å². The first-order valence-corrected chi connectivity index (χ1v) is 8.69. The molecule has 0 spiro atoms. The van der Waals surface area contributed by atoms with Crippen molar-refractivity contribution in [1.82, 2.24) is 0 Å². The minimum Gasteiger partial charge on any atom is -0.464 e. The van der Waals surface area contributed by atoms with Gasteiger partial charge in [-0.3, -0.25) is 0 Å². The van der Waals surface area contributed by atoms with Crippen LogP contribution in [-0.2, 0) is 14.6 Å². The second-order valence-corrected chi connectivity index (χ2v) is 7.52. The van der Waals surface area contributed by atoms with Gasteiger partial charge in [0.1, 0.15) is 11.3 Å². The van der Waals surface area contributed by atoms with E-state index in [2.05, 4.69) is 0 Å². The Bertz CT molecular complexity index is 761. The topological polar surface area (TPSA) is 56.5 Å². The maximum absolute atomic E-state index is 14.3. The fraction of sp³-hybridized carbons (Fsp3) is 0.467. The van der Waals surface area contributed by atoms with Crippen molar-refractivity contribution in [1.29, 1.82) is 0 Å². The molecule has 0 N–H and O–H groups in total. The minimum atomic E-state index is -4.07. The number of furan rings is 1. The Morgan fingerprint density at radius 3 is 2.64 bits per heavy atom. The summed E-state index contributed by atoms with van der Waals surface area (Å²) in [6, 6.07) is 5.76. The lowest BCUT2D eigenvalue weighted by atomic mass is 9.94. The standard InChI is InChI=1S/C15H16F2O4S/c16-15(17,12-4-6-20-7-5-12)10-22(18,19)13-1-2-14-11(9-13)3-8-21-14/h1-3,8-9,12H,4-7,10H2. The smallest absolute Gasteiger partial charge is 0.265 e. The number of benzene rings is 1. The molecule has 0 saturated carbocycles. The molecule has 3 rings (SSSR count). The Morgan fingerprint density at radius 2 is 1.91 bits per heavy atom. The highest BCUT2D eigenvalue weighted by molar-refractivity contribution is 7.91. The predicted molar refractivity (Wildman–Crippen MR) is 76.8 cm³/mol. The first-order chi connectivity index (χ1) is 10.4. The van der Waals surface area contributed by atoms with Crippen LogP contribution < -0.4 is 0 Å². The molecular formula is C15H16F2O4S. The van der Waals surface area contributed by atoms with Gasteiger partial charge in [0.2, 0.25) is 0 Å². The molecule has 1 aliphatic heterocycles. The van der Waals surface area contributed by atoms with Crippen molar-refractivity contribution in [2.24, 2.45) is 5.92 Å². The Kier molecular flexibility index (Phi) is 3.94. The second kappa shape index (κ2) is 5.62. The van der Waals surface area contributed by atoms with Gasteiger partial charge >= 0.3 is 0 Å². The Morgan fingerprint density at radius 1 is 1.18 bits per heavy atom. The first-order valence-electron chi connectivity index (χ1n) is 7.04. The van der Waals surface area contributed by atoms with Crippen molar-refractivity contribution >= 4 is 20.8 Å². The molecule has 1 aliphatic rings. The zero-order valence-corrected chi connectivity index (χ0v) is 12.6. The van der Waals surface area contributed by atoms with Crippen LogP contribution in [0.1, 0.15) is 12.8 Å². The summed E-state index contributed by atoms with van der Waals surface area (Å²) < 4.78 is 63.4. The summed E-state index contributed by atoms with van der Waals surface area (Å²) in [4.78, 5) is -0.104. The molecule has 2 aromatic rings. The van der Waals surface area contributed by atoms with Gasteiger partial charge in [-0.1, -0.05) is 0 Å². The molecule has 0 atom stereocenters. The molecule has 2 heterocycles. The molecule has 0 bridgehead atoms. The van der Waals surface area contributed by atoms with Crippen molar-refractivity contribution in [3.05, 3.63) is 30.5 Å². The number of hydrogen-bond acceptors (Lipinski definition) is 4. The van der Waals surface area contributed by atoms with E-state index < -0.39 is 27.4 Å². The maximum Gasteiger partial charge on any atom is 0.265 e. The van der Waals surface area contributed by atoms with Gasteiger partial charge in [-0.2, -0.15) is 0 Å². The van der Waals surface area contributed by atoms with Crippen LogP contribution in [0.15, 0.2) is 39.8 Å². The van der Waals surface area contributed by atoms with Crippen molar-refractivity contribution in [2.45, 2.75) is 23.7 Å². The molecule has 1 fully saturated rings. The lowest BCUT2D eigenvalue weighted by Gasteiger charge is -2.29. The fourth-order valence-electron chi connectivity index (χ4n) is 2.71. The van der Waals surface area contributed by atoms with E-state index in [1.54, 1.807) is 6.07 Å². The van der Waals surface area contributed by atoms with Gasteiger partial charge < -0.3 is 9.15 Å². The molecule has 22 heavy (non-hydrogen) atoms. The van der Waals surface area contributed by atoms with Crippen molar-refractivity contribution in [2.75, 3.05) is 19.0 Å². The van der Waals surface area contributed by atoms with E-state index in [-0.39, 0.29) is 31.0 Å². The summed E-state index contributed by atoms with van der Waals surface area (Å²) in [6.07, 6.45) is 1.80. The largest absolute Gasteiger partial charge is 0.464 e. The lowest BCUT2D eigenvalue weighted by molar-refractivity contribution is -0.0790. The number of alkyl halides is 2. The van der Waals surface area contributed by atoms with Gasteiger partial charge in [-0.15, -0.1) is 0 Å². The number of halogens is 2. The Hall–Kier alpha value is -1.47. The second-order valence-electron chi connectivity index (χ2n) is 5.53. The van der Waals surface area contributed by atoms with E-state index in [4.69, 9.17) is 9.15 Å². The number of hydrogen-bond donors (Lipinski definition) is 0. The SMILES string of the molecule is O=S(=O)(CC(F)(F)C1CCOCC1)c1ccc2occc2c1. The average Bonchev–Trinajstić information content (AvgIpc) is 2.94. The van der Waals surface area contributed by atoms with Crippen LogP contribution in [0.2, 0.25) is 0 Å². The number of fused-ring (bicyclic) bond motifs is 1. The molecule has 1 saturated heterocycles. The molecule has 0 amide bonds. The van der Waals surface area contributed by atoms with E-state index in [9.17, 15) is 17.2 Å². The first kappa shape index (κ1) is 15.4. The predicted octanol–water partition coefficient (Wildman–Crippen LogP) is 3.27. The zero-order chi connectivity index (χ0) is 15.8. The van der Waals surface area contributed by atoms with Gasteiger partial charge in [0.15, 0.2) is 9.84 Å². The summed E-state index contributed by atoms with van der Waals surface area (Å²) in [5.41, 5.74) is 0.523. The van der Waals surface area contributed by atoms with Crippen LogP contribution in [0, 0.1) is 5.92 Å². The van der Waals surface area contributed by atoms with Crippen LogP contribution in [-0.4, -0.2) is 33.3 Å². The van der Waals surface area contributed by atoms with E-state index in [1.807, 2.05) is 0 Å². The van der Waals surface area contributed by atoms with Gasteiger partial charge in [-0.05, 0) is 37.1 Å². The van der Waals surface area contributed by atoms with Gasteiger partial charge in [0.05, 0.1) is 11.2 Å². The molecule has 1 aromatic heterocycles. The molecule has 0 radical (unpaired) electrons. The van der Waals surface area contributed by atoms with Crippen LogP contribution in [0.5, 0.6) is 0 Å². The third kappa shape index (κ3) is 3.01. The normalized spacial score (nSPS) is 17.9. The van der Waals surface area contributed by atoms with E-state index >= 15 is 0 Å². The van der Waals surface area contributed by atoms with E-state index in [1.165, 1.54) is 24.5 Å². The summed E-state index contributed by atoms with van der Waals surface area (Å²) in [5.74, 6) is -5.38. The third-order valence-corrected chi connectivity index (χ3v) is 5.72.